The van der Waals surface area contributed by atoms with Crippen molar-refractivity contribution < 1.29 is 5.11 Å². The van der Waals surface area contributed by atoms with E-state index in [-0.39, 0.29) is 6.61 Å². The van der Waals surface area contributed by atoms with Crippen molar-refractivity contribution in [3.05, 3.63) is 24.5 Å². The Labute approximate surface area is 78.0 Å². The SMILES string of the molecule is OCC1CCCN1c1ccncc1. The van der Waals surface area contributed by atoms with E-state index in [0.717, 1.165) is 13.0 Å². The molecule has 0 aromatic carbocycles. The molecule has 0 amide bonds. The summed E-state index contributed by atoms with van der Waals surface area (Å²) >= 11 is 0. The highest BCUT2D eigenvalue weighted by Crippen LogP contribution is 2.24. The zero-order valence-electron chi connectivity index (χ0n) is 7.56. The van der Waals surface area contributed by atoms with E-state index in [9.17, 15) is 0 Å². The summed E-state index contributed by atoms with van der Waals surface area (Å²) in [7, 11) is 0. The number of pyridine rings is 1. The Balaban J connectivity index is 2.16. The standard InChI is InChI=1S/C10H14N2O/c13-8-10-2-1-7-12(10)9-3-5-11-6-4-9/h3-6,10,13H,1-2,7-8H2. The predicted octanol–water partition coefficient (Wildman–Crippen LogP) is 1.04. The second-order valence-electron chi connectivity index (χ2n) is 3.38. The minimum atomic E-state index is 0.252. The maximum absolute atomic E-state index is 9.14. The van der Waals surface area contributed by atoms with Gasteiger partial charge in [-0.05, 0) is 25.0 Å². The van der Waals surface area contributed by atoms with E-state index in [4.69, 9.17) is 5.11 Å². The highest BCUT2D eigenvalue weighted by molar-refractivity contribution is 5.46. The first-order valence-electron chi connectivity index (χ1n) is 4.69. The smallest absolute Gasteiger partial charge is 0.0635 e. The summed E-state index contributed by atoms with van der Waals surface area (Å²) in [6.45, 7) is 1.30. The first kappa shape index (κ1) is 8.51. The van der Waals surface area contributed by atoms with Crippen molar-refractivity contribution in [2.45, 2.75) is 18.9 Å². The Kier molecular flexibility index (Phi) is 2.45. The van der Waals surface area contributed by atoms with Crippen LogP contribution in [-0.2, 0) is 0 Å². The summed E-state index contributed by atoms with van der Waals surface area (Å²) in [5.41, 5.74) is 1.17. The largest absolute Gasteiger partial charge is 0.394 e. The van der Waals surface area contributed by atoms with Crippen LogP contribution in [0.5, 0.6) is 0 Å². The van der Waals surface area contributed by atoms with Crippen LogP contribution in [0.3, 0.4) is 0 Å². The van der Waals surface area contributed by atoms with Crippen LogP contribution < -0.4 is 4.90 Å². The van der Waals surface area contributed by atoms with Crippen LogP contribution in [0.4, 0.5) is 5.69 Å². The summed E-state index contributed by atoms with van der Waals surface area (Å²) in [6, 6.07) is 4.30. The quantitative estimate of drug-likeness (QED) is 0.735. The van der Waals surface area contributed by atoms with Crippen molar-refractivity contribution in [1.29, 1.82) is 0 Å². The molecule has 3 nitrogen and oxygen atoms in total. The maximum atomic E-state index is 9.14. The van der Waals surface area contributed by atoms with Crippen LogP contribution >= 0.6 is 0 Å². The van der Waals surface area contributed by atoms with Crippen LogP contribution in [-0.4, -0.2) is 29.3 Å². The zero-order chi connectivity index (χ0) is 9.10. The number of nitrogens with zero attached hydrogens (tertiary/aromatic N) is 2. The molecule has 70 valence electrons. The van der Waals surface area contributed by atoms with Crippen LogP contribution in [0.15, 0.2) is 24.5 Å². The molecule has 1 aromatic heterocycles. The van der Waals surface area contributed by atoms with E-state index >= 15 is 0 Å². The third kappa shape index (κ3) is 1.65. The molecule has 1 aliphatic rings. The lowest BCUT2D eigenvalue weighted by Gasteiger charge is -2.24. The van der Waals surface area contributed by atoms with Gasteiger partial charge in [0.05, 0.1) is 12.6 Å². The molecule has 0 aliphatic carbocycles. The first-order valence-corrected chi connectivity index (χ1v) is 4.69. The van der Waals surface area contributed by atoms with Gasteiger partial charge in [-0.1, -0.05) is 0 Å². The van der Waals surface area contributed by atoms with Gasteiger partial charge in [0.25, 0.3) is 0 Å². The lowest BCUT2D eigenvalue weighted by atomic mass is 10.2. The molecule has 1 saturated heterocycles. The summed E-state index contributed by atoms with van der Waals surface area (Å²) in [6.07, 6.45) is 5.86. The summed E-state index contributed by atoms with van der Waals surface area (Å²) in [4.78, 5) is 6.23. The highest BCUT2D eigenvalue weighted by atomic mass is 16.3. The Morgan fingerprint density at radius 1 is 1.46 bits per heavy atom. The third-order valence-corrected chi connectivity index (χ3v) is 2.58. The van der Waals surface area contributed by atoms with Crippen molar-refractivity contribution in [3.63, 3.8) is 0 Å². The fourth-order valence-electron chi connectivity index (χ4n) is 1.90. The fourth-order valence-corrected chi connectivity index (χ4v) is 1.90. The van der Waals surface area contributed by atoms with Crippen molar-refractivity contribution in [2.24, 2.45) is 0 Å². The molecule has 0 spiro atoms. The van der Waals surface area contributed by atoms with Crippen molar-refractivity contribution >= 4 is 5.69 Å². The number of aliphatic hydroxyl groups excluding tert-OH is 1. The normalized spacial score (nSPS) is 22.2. The Morgan fingerprint density at radius 3 is 2.92 bits per heavy atom. The van der Waals surface area contributed by atoms with Gasteiger partial charge in [-0.25, -0.2) is 0 Å². The van der Waals surface area contributed by atoms with Crippen molar-refractivity contribution in [3.8, 4) is 0 Å². The topological polar surface area (TPSA) is 36.4 Å². The molecule has 0 radical (unpaired) electrons. The molecule has 1 atom stereocenters. The van der Waals surface area contributed by atoms with Crippen molar-refractivity contribution in [2.75, 3.05) is 18.1 Å². The lowest BCUT2D eigenvalue weighted by Crippen LogP contribution is -2.31. The minimum Gasteiger partial charge on any atom is -0.394 e. The molecule has 0 bridgehead atoms. The van der Waals surface area contributed by atoms with Gasteiger partial charge >= 0.3 is 0 Å². The highest BCUT2D eigenvalue weighted by Gasteiger charge is 2.23. The molecule has 1 aromatic rings. The second kappa shape index (κ2) is 3.75. The molecule has 2 heterocycles. The van der Waals surface area contributed by atoms with Gasteiger partial charge in [-0.15, -0.1) is 0 Å². The van der Waals surface area contributed by atoms with Gasteiger partial charge in [0.15, 0.2) is 0 Å². The van der Waals surface area contributed by atoms with Crippen LogP contribution in [0.2, 0.25) is 0 Å². The Morgan fingerprint density at radius 2 is 2.23 bits per heavy atom. The molecule has 13 heavy (non-hydrogen) atoms. The van der Waals surface area contributed by atoms with Gasteiger partial charge in [0, 0.05) is 24.6 Å². The van der Waals surface area contributed by atoms with E-state index in [1.54, 1.807) is 12.4 Å². The van der Waals surface area contributed by atoms with E-state index in [1.807, 2.05) is 12.1 Å². The van der Waals surface area contributed by atoms with Gasteiger partial charge < -0.3 is 10.0 Å². The molecular formula is C10H14N2O. The molecule has 1 fully saturated rings. The number of hydrogen-bond donors (Lipinski definition) is 1. The summed E-state index contributed by atoms with van der Waals surface area (Å²) in [5, 5.41) is 9.14. The molecule has 2 rings (SSSR count). The predicted molar refractivity (Wildman–Crippen MR) is 51.7 cm³/mol. The molecule has 0 saturated carbocycles. The molecule has 1 N–H and O–H groups in total. The van der Waals surface area contributed by atoms with Crippen LogP contribution in [0.25, 0.3) is 0 Å². The number of anilines is 1. The van der Waals surface area contributed by atoms with E-state index in [1.165, 1.54) is 12.1 Å². The van der Waals surface area contributed by atoms with Crippen molar-refractivity contribution in [1.82, 2.24) is 4.98 Å². The molecule has 1 unspecified atom stereocenters. The van der Waals surface area contributed by atoms with Crippen LogP contribution in [0.1, 0.15) is 12.8 Å². The average molecular weight is 178 g/mol. The number of rotatable bonds is 2. The van der Waals surface area contributed by atoms with Gasteiger partial charge in [0.1, 0.15) is 0 Å². The summed E-state index contributed by atoms with van der Waals surface area (Å²) in [5.74, 6) is 0. The lowest BCUT2D eigenvalue weighted by molar-refractivity contribution is 0.266. The van der Waals surface area contributed by atoms with Gasteiger partial charge in [-0.2, -0.15) is 0 Å². The van der Waals surface area contributed by atoms with E-state index in [0.29, 0.717) is 6.04 Å². The molecular weight excluding hydrogens is 164 g/mol. The van der Waals surface area contributed by atoms with E-state index < -0.39 is 0 Å². The first-order chi connectivity index (χ1) is 6.42. The second-order valence-corrected chi connectivity index (χ2v) is 3.38. The van der Waals surface area contributed by atoms with E-state index in [2.05, 4.69) is 9.88 Å². The number of aliphatic hydroxyl groups is 1. The average Bonchev–Trinajstić information content (AvgIpc) is 2.67. The third-order valence-electron chi connectivity index (χ3n) is 2.58. The molecule has 3 heteroatoms. The van der Waals surface area contributed by atoms with Gasteiger partial charge in [-0.3, -0.25) is 4.98 Å². The zero-order valence-corrected chi connectivity index (χ0v) is 7.56. The minimum absolute atomic E-state index is 0.252. The monoisotopic (exact) mass is 178 g/mol. The Hall–Kier alpha value is -1.09. The molecule has 1 aliphatic heterocycles. The van der Waals surface area contributed by atoms with Crippen LogP contribution in [0, 0.1) is 0 Å². The maximum Gasteiger partial charge on any atom is 0.0635 e. The number of hydrogen-bond acceptors (Lipinski definition) is 3. The van der Waals surface area contributed by atoms with Gasteiger partial charge in [0.2, 0.25) is 0 Å². The summed E-state index contributed by atoms with van der Waals surface area (Å²) < 4.78 is 0. The fraction of sp³-hybridized carbons (Fsp3) is 0.500. The Bertz CT molecular complexity index is 263. The number of aromatic nitrogens is 1.